The lowest BCUT2D eigenvalue weighted by molar-refractivity contribution is -0.123. The van der Waals surface area contributed by atoms with Gasteiger partial charge in [0.2, 0.25) is 0 Å². The second-order valence-electron chi connectivity index (χ2n) is 4.27. The highest BCUT2D eigenvalue weighted by atomic mass is 32.1. The second-order valence-corrected chi connectivity index (χ2v) is 4.80. The van der Waals surface area contributed by atoms with Crippen molar-refractivity contribution in [2.45, 2.75) is 19.1 Å². The number of amides is 2. The lowest BCUT2D eigenvalue weighted by atomic mass is 10.2. The van der Waals surface area contributed by atoms with Gasteiger partial charge in [0, 0.05) is 31.9 Å². The Morgan fingerprint density at radius 1 is 1.48 bits per heavy atom. The zero-order valence-electron chi connectivity index (χ0n) is 11.1. The molecule has 0 spiro atoms. The molecule has 1 rings (SSSR count). The Morgan fingerprint density at radius 3 is 2.71 bits per heavy atom. The quantitative estimate of drug-likeness (QED) is 0.785. The molecule has 21 heavy (non-hydrogen) atoms. The van der Waals surface area contributed by atoms with Gasteiger partial charge in [-0.05, 0) is 11.6 Å². The third kappa shape index (κ3) is 7.45. The summed E-state index contributed by atoms with van der Waals surface area (Å²) in [7, 11) is 0. The number of carbonyl (C=O) groups is 1. The Balaban J connectivity index is 2.67. The molecule has 0 aliphatic carbocycles. The molecular weight excluding hydrogens is 305 g/mol. The molecule has 0 atom stereocenters. The summed E-state index contributed by atoms with van der Waals surface area (Å²) >= 11 is 4.72. The first-order valence-electron chi connectivity index (χ1n) is 6.04. The van der Waals surface area contributed by atoms with Crippen molar-refractivity contribution in [1.29, 1.82) is 0 Å². The molecule has 0 radical (unpaired) electrons. The van der Waals surface area contributed by atoms with Gasteiger partial charge in [-0.25, -0.2) is 4.79 Å². The first kappa shape index (κ1) is 17.2. The lowest BCUT2D eigenvalue weighted by Crippen LogP contribution is -2.44. The fraction of sp³-hybridized carbons (Fsp3) is 0.417. The summed E-state index contributed by atoms with van der Waals surface area (Å²) in [6, 6.07) is 2.57. The van der Waals surface area contributed by atoms with E-state index in [1.54, 1.807) is 18.3 Å². The van der Waals surface area contributed by atoms with Crippen molar-refractivity contribution in [3.63, 3.8) is 0 Å². The van der Waals surface area contributed by atoms with E-state index in [-0.39, 0.29) is 24.5 Å². The third-order valence-electron chi connectivity index (χ3n) is 2.45. The summed E-state index contributed by atoms with van der Waals surface area (Å²) in [5.74, 6) is 0. The van der Waals surface area contributed by atoms with E-state index in [0.717, 1.165) is 0 Å². The Bertz CT molecular complexity index is 481. The number of hydrogen-bond acceptors (Lipinski definition) is 3. The molecule has 1 aromatic rings. The van der Waals surface area contributed by atoms with Crippen LogP contribution < -0.4 is 11.1 Å². The van der Waals surface area contributed by atoms with E-state index >= 15 is 0 Å². The van der Waals surface area contributed by atoms with E-state index in [9.17, 15) is 18.0 Å². The zero-order chi connectivity index (χ0) is 15.9. The molecule has 0 unspecified atom stereocenters. The standard InChI is InChI=1S/C12H15F3N4OS/c13-12(14,15)8-18-11(20)19(5-3-10(16)21)7-9-2-1-4-17-6-9/h1-2,4,6H,3,5,7-8H2,(H2,16,21)(H,18,20). The Kier molecular flexibility index (Phi) is 6.35. The SMILES string of the molecule is NC(=S)CCN(Cc1cccnc1)C(=O)NCC(F)(F)F. The van der Waals surface area contributed by atoms with Gasteiger partial charge < -0.3 is 16.0 Å². The molecular formula is C12H15F3N4OS. The monoisotopic (exact) mass is 320 g/mol. The average Bonchev–Trinajstić information content (AvgIpc) is 2.41. The number of alkyl halides is 3. The average molecular weight is 320 g/mol. The molecule has 0 aliphatic rings. The van der Waals surface area contributed by atoms with E-state index in [4.69, 9.17) is 18.0 Å². The summed E-state index contributed by atoms with van der Waals surface area (Å²) in [4.78, 5) is 17.1. The summed E-state index contributed by atoms with van der Waals surface area (Å²) in [6.45, 7) is -1.13. The molecule has 0 saturated heterocycles. The molecule has 0 aromatic carbocycles. The van der Waals surface area contributed by atoms with Crippen LogP contribution in [0.1, 0.15) is 12.0 Å². The van der Waals surface area contributed by atoms with Crippen LogP contribution in [-0.4, -0.2) is 40.2 Å². The predicted molar refractivity (Wildman–Crippen MR) is 75.5 cm³/mol. The van der Waals surface area contributed by atoms with E-state index < -0.39 is 18.8 Å². The van der Waals surface area contributed by atoms with E-state index in [2.05, 4.69) is 4.98 Å². The molecule has 2 amide bonds. The Hall–Kier alpha value is -1.90. The van der Waals surface area contributed by atoms with Crippen LogP contribution in [0.5, 0.6) is 0 Å². The fourth-order valence-electron chi connectivity index (χ4n) is 1.50. The highest BCUT2D eigenvalue weighted by molar-refractivity contribution is 7.80. The number of aromatic nitrogens is 1. The van der Waals surface area contributed by atoms with Crippen molar-refractivity contribution < 1.29 is 18.0 Å². The van der Waals surface area contributed by atoms with Crippen LogP contribution in [0.15, 0.2) is 24.5 Å². The molecule has 0 aliphatic heterocycles. The van der Waals surface area contributed by atoms with Crippen LogP contribution in [0, 0.1) is 0 Å². The van der Waals surface area contributed by atoms with Crippen LogP contribution in [0.25, 0.3) is 0 Å². The van der Waals surface area contributed by atoms with Gasteiger partial charge in [0.15, 0.2) is 0 Å². The summed E-state index contributed by atoms with van der Waals surface area (Å²) < 4.78 is 36.4. The highest BCUT2D eigenvalue weighted by Gasteiger charge is 2.28. The minimum absolute atomic E-state index is 0.125. The number of nitrogens with zero attached hydrogens (tertiary/aromatic N) is 2. The van der Waals surface area contributed by atoms with E-state index in [0.29, 0.717) is 5.56 Å². The number of hydrogen-bond donors (Lipinski definition) is 2. The van der Waals surface area contributed by atoms with Crippen LogP contribution in [0.4, 0.5) is 18.0 Å². The van der Waals surface area contributed by atoms with Gasteiger partial charge >= 0.3 is 12.2 Å². The van der Waals surface area contributed by atoms with Crippen LogP contribution in [0.2, 0.25) is 0 Å². The van der Waals surface area contributed by atoms with Crippen molar-refractivity contribution in [3.05, 3.63) is 30.1 Å². The van der Waals surface area contributed by atoms with Crippen molar-refractivity contribution in [1.82, 2.24) is 15.2 Å². The van der Waals surface area contributed by atoms with Crippen molar-refractivity contribution in [2.75, 3.05) is 13.1 Å². The molecule has 116 valence electrons. The predicted octanol–water partition coefficient (Wildman–Crippen LogP) is 1.83. The minimum atomic E-state index is -4.46. The van der Waals surface area contributed by atoms with Gasteiger partial charge in [-0.2, -0.15) is 13.2 Å². The summed E-state index contributed by atoms with van der Waals surface area (Å²) in [5, 5.41) is 1.82. The van der Waals surface area contributed by atoms with Crippen molar-refractivity contribution in [3.8, 4) is 0 Å². The maximum Gasteiger partial charge on any atom is 0.405 e. The molecule has 9 heteroatoms. The molecule has 0 saturated carbocycles. The smallest absolute Gasteiger partial charge is 0.393 e. The number of halogens is 3. The largest absolute Gasteiger partial charge is 0.405 e. The van der Waals surface area contributed by atoms with Gasteiger partial charge in [0.1, 0.15) is 6.54 Å². The van der Waals surface area contributed by atoms with Crippen LogP contribution in [-0.2, 0) is 6.54 Å². The van der Waals surface area contributed by atoms with Gasteiger partial charge in [-0.1, -0.05) is 18.3 Å². The normalized spacial score (nSPS) is 11.0. The molecule has 1 heterocycles. The number of urea groups is 1. The van der Waals surface area contributed by atoms with Crippen molar-refractivity contribution >= 4 is 23.2 Å². The van der Waals surface area contributed by atoms with Crippen LogP contribution in [0.3, 0.4) is 0 Å². The summed E-state index contributed by atoms with van der Waals surface area (Å²) in [5.41, 5.74) is 6.06. The van der Waals surface area contributed by atoms with E-state index in [1.807, 2.05) is 5.32 Å². The number of rotatable bonds is 6. The zero-order valence-corrected chi connectivity index (χ0v) is 11.9. The topological polar surface area (TPSA) is 71.2 Å². The van der Waals surface area contributed by atoms with Gasteiger partial charge in [0.05, 0.1) is 4.99 Å². The van der Waals surface area contributed by atoms with Crippen LogP contribution >= 0.6 is 12.2 Å². The number of nitrogens with two attached hydrogens (primary N) is 1. The second kappa shape index (κ2) is 7.77. The molecule has 0 fully saturated rings. The first-order valence-corrected chi connectivity index (χ1v) is 6.45. The Labute approximate surface area is 125 Å². The Morgan fingerprint density at radius 2 is 2.19 bits per heavy atom. The third-order valence-corrected chi connectivity index (χ3v) is 2.66. The molecule has 0 bridgehead atoms. The number of carbonyl (C=O) groups excluding carboxylic acids is 1. The summed E-state index contributed by atoms with van der Waals surface area (Å²) in [6.07, 6.45) is -1.13. The van der Waals surface area contributed by atoms with Gasteiger partial charge in [0.25, 0.3) is 0 Å². The van der Waals surface area contributed by atoms with Gasteiger partial charge in [-0.15, -0.1) is 0 Å². The fourth-order valence-corrected chi connectivity index (χ4v) is 1.59. The number of pyridine rings is 1. The number of nitrogens with one attached hydrogen (secondary N) is 1. The molecule has 1 aromatic heterocycles. The molecule has 3 N–H and O–H groups in total. The number of thiocarbonyl (C=S) groups is 1. The maximum atomic E-state index is 12.1. The van der Waals surface area contributed by atoms with Crippen molar-refractivity contribution in [2.24, 2.45) is 5.73 Å². The van der Waals surface area contributed by atoms with E-state index in [1.165, 1.54) is 11.1 Å². The highest BCUT2D eigenvalue weighted by Crippen LogP contribution is 2.13. The molecule has 5 nitrogen and oxygen atoms in total. The minimum Gasteiger partial charge on any atom is -0.393 e. The van der Waals surface area contributed by atoms with Gasteiger partial charge in [-0.3, -0.25) is 4.98 Å². The lowest BCUT2D eigenvalue weighted by Gasteiger charge is -2.23. The maximum absolute atomic E-state index is 12.1. The first-order chi connectivity index (χ1) is 9.78.